The van der Waals surface area contributed by atoms with Crippen LogP contribution in [0.2, 0.25) is 10.0 Å². The van der Waals surface area contributed by atoms with Crippen molar-refractivity contribution >= 4 is 57.2 Å². The number of fused-ring (bicyclic) bond motifs is 1. The number of aromatic nitrogens is 3. The maximum absolute atomic E-state index is 12.5. The van der Waals surface area contributed by atoms with Crippen LogP contribution in [0.3, 0.4) is 0 Å². The number of thiophene rings is 1. The highest BCUT2D eigenvalue weighted by atomic mass is 35.5. The summed E-state index contributed by atoms with van der Waals surface area (Å²) in [6.45, 7) is 1.95. The minimum Gasteiger partial charge on any atom is -0.323 e. The Morgan fingerprint density at radius 3 is 2.85 bits per heavy atom. The molecule has 0 fully saturated rings. The molecule has 0 saturated carbocycles. The monoisotopic (exact) mass is 416 g/mol. The van der Waals surface area contributed by atoms with Gasteiger partial charge < -0.3 is 5.32 Å². The Kier molecular flexibility index (Phi) is 4.86. The van der Waals surface area contributed by atoms with Crippen LogP contribution in [0.5, 0.6) is 0 Å². The lowest BCUT2D eigenvalue weighted by molar-refractivity contribution is -0.116. The van der Waals surface area contributed by atoms with Crippen molar-refractivity contribution in [2.24, 2.45) is 0 Å². The summed E-state index contributed by atoms with van der Waals surface area (Å²) in [5.74, 6) is -0.244. The maximum Gasteiger partial charge on any atom is 0.246 e. The summed E-state index contributed by atoms with van der Waals surface area (Å²) in [5, 5.41) is 11.2. The summed E-state index contributed by atoms with van der Waals surface area (Å²) in [4.78, 5) is 18.1. The zero-order valence-electron chi connectivity index (χ0n) is 14.2. The molecule has 27 heavy (non-hydrogen) atoms. The molecule has 5 nitrogen and oxygen atoms in total. The van der Waals surface area contributed by atoms with Crippen LogP contribution in [0.1, 0.15) is 5.69 Å². The van der Waals surface area contributed by atoms with Crippen LogP contribution in [0.25, 0.3) is 21.5 Å². The van der Waals surface area contributed by atoms with Gasteiger partial charge >= 0.3 is 0 Å². The summed E-state index contributed by atoms with van der Waals surface area (Å²) < 4.78 is 1.61. The van der Waals surface area contributed by atoms with E-state index in [9.17, 15) is 4.79 Å². The van der Waals surface area contributed by atoms with Gasteiger partial charge in [0.25, 0.3) is 0 Å². The van der Waals surface area contributed by atoms with Gasteiger partial charge in [-0.05, 0) is 42.6 Å². The summed E-state index contributed by atoms with van der Waals surface area (Å²) in [5.41, 5.74) is 3.08. The van der Waals surface area contributed by atoms with E-state index in [1.807, 2.05) is 24.4 Å². The van der Waals surface area contributed by atoms with Gasteiger partial charge in [0.2, 0.25) is 5.91 Å². The molecule has 1 amide bonds. The van der Waals surface area contributed by atoms with Gasteiger partial charge in [0.05, 0.1) is 21.8 Å². The fraction of sp³-hybridized carbons (Fsp3) is 0.105. The molecule has 4 aromatic rings. The minimum absolute atomic E-state index is 0.0319. The first-order chi connectivity index (χ1) is 13.0. The second-order valence-electron chi connectivity index (χ2n) is 5.95. The van der Waals surface area contributed by atoms with Crippen molar-refractivity contribution in [1.29, 1.82) is 0 Å². The van der Waals surface area contributed by atoms with E-state index in [0.29, 0.717) is 21.4 Å². The number of aryl methyl sites for hydroxylation is 1. The second-order valence-corrected chi connectivity index (χ2v) is 7.74. The lowest BCUT2D eigenvalue weighted by Gasteiger charge is -2.08. The minimum atomic E-state index is -0.244. The molecule has 4 rings (SSSR count). The molecule has 0 aliphatic rings. The van der Waals surface area contributed by atoms with E-state index in [4.69, 9.17) is 23.2 Å². The van der Waals surface area contributed by atoms with E-state index >= 15 is 0 Å². The number of amides is 1. The molecule has 3 heterocycles. The highest BCUT2D eigenvalue weighted by Gasteiger charge is 2.16. The largest absolute Gasteiger partial charge is 0.323 e. The van der Waals surface area contributed by atoms with Crippen molar-refractivity contribution in [3.63, 3.8) is 0 Å². The molecular weight excluding hydrogens is 403 g/mol. The maximum atomic E-state index is 12.5. The number of hydrogen-bond acceptors (Lipinski definition) is 4. The molecule has 0 unspecified atom stereocenters. The smallest absolute Gasteiger partial charge is 0.246 e. The lowest BCUT2D eigenvalue weighted by atomic mass is 10.1. The van der Waals surface area contributed by atoms with E-state index in [-0.39, 0.29) is 12.5 Å². The number of carbonyl (C=O) groups excluding carboxylic acids is 1. The van der Waals surface area contributed by atoms with Crippen LogP contribution < -0.4 is 5.32 Å². The third-order valence-corrected chi connectivity index (χ3v) is 5.54. The zero-order valence-corrected chi connectivity index (χ0v) is 16.6. The van der Waals surface area contributed by atoms with Crippen LogP contribution in [0, 0.1) is 6.92 Å². The van der Waals surface area contributed by atoms with Crippen molar-refractivity contribution < 1.29 is 4.79 Å². The number of halogens is 2. The first-order valence-electron chi connectivity index (χ1n) is 8.14. The third-order valence-electron chi connectivity index (χ3n) is 4.09. The second kappa shape index (κ2) is 7.31. The molecule has 136 valence electrons. The number of benzene rings is 1. The molecule has 0 bridgehead atoms. The summed E-state index contributed by atoms with van der Waals surface area (Å²) >= 11 is 13.7. The topological polar surface area (TPSA) is 59.8 Å². The van der Waals surface area contributed by atoms with Crippen LogP contribution in [-0.4, -0.2) is 20.7 Å². The van der Waals surface area contributed by atoms with Crippen molar-refractivity contribution in [2.75, 3.05) is 5.32 Å². The van der Waals surface area contributed by atoms with Gasteiger partial charge in [-0.25, -0.2) is 9.67 Å². The number of carbonyl (C=O) groups is 1. The molecule has 3 aromatic heterocycles. The Balaban J connectivity index is 1.65. The summed E-state index contributed by atoms with van der Waals surface area (Å²) in [6, 6.07) is 11.0. The molecule has 8 heteroatoms. The van der Waals surface area contributed by atoms with Gasteiger partial charge in [-0.3, -0.25) is 4.79 Å². The molecule has 0 aliphatic heterocycles. The van der Waals surface area contributed by atoms with Crippen molar-refractivity contribution in [2.45, 2.75) is 13.5 Å². The Morgan fingerprint density at radius 2 is 2.11 bits per heavy atom. The fourth-order valence-corrected chi connectivity index (χ4v) is 4.16. The molecule has 0 aliphatic carbocycles. The predicted molar refractivity (Wildman–Crippen MR) is 111 cm³/mol. The summed E-state index contributed by atoms with van der Waals surface area (Å²) in [7, 11) is 0. The highest BCUT2D eigenvalue weighted by Crippen LogP contribution is 2.32. The molecule has 0 spiro atoms. The van der Waals surface area contributed by atoms with Gasteiger partial charge in [-0.15, -0.1) is 11.3 Å². The van der Waals surface area contributed by atoms with Gasteiger partial charge in [0.15, 0.2) is 5.65 Å². The number of pyridine rings is 1. The SMILES string of the molecule is Cc1nn(CC(=O)Nc2ccc(Cl)cc2Cl)c2nccc(-c3cccs3)c12. The Morgan fingerprint density at radius 1 is 1.26 bits per heavy atom. The van der Waals surface area contributed by atoms with E-state index in [0.717, 1.165) is 21.5 Å². The van der Waals surface area contributed by atoms with Crippen molar-refractivity contribution in [1.82, 2.24) is 14.8 Å². The van der Waals surface area contributed by atoms with Crippen molar-refractivity contribution in [3.8, 4) is 10.4 Å². The molecule has 1 aromatic carbocycles. The Bertz CT molecular complexity index is 1140. The van der Waals surface area contributed by atoms with Crippen LogP contribution in [0.4, 0.5) is 5.69 Å². The molecular formula is C19H14Cl2N4OS. The van der Waals surface area contributed by atoms with E-state index in [2.05, 4.69) is 21.5 Å². The Labute approximate surface area is 169 Å². The predicted octanol–water partition coefficient (Wildman–Crippen LogP) is 5.41. The average Bonchev–Trinajstić information content (AvgIpc) is 3.27. The number of nitrogens with zero attached hydrogens (tertiary/aromatic N) is 3. The fourth-order valence-electron chi connectivity index (χ4n) is 2.95. The van der Waals surface area contributed by atoms with Crippen LogP contribution in [-0.2, 0) is 11.3 Å². The van der Waals surface area contributed by atoms with E-state index in [1.165, 1.54) is 0 Å². The van der Waals surface area contributed by atoms with Crippen LogP contribution in [0.15, 0.2) is 48.0 Å². The number of anilines is 1. The first kappa shape index (κ1) is 18.0. The first-order valence-corrected chi connectivity index (χ1v) is 9.77. The quantitative estimate of drug-likeness (QED) is 0.483. The number of rotatable bonds is 4. The molecule has 1 N–H and O–H groups in total. The Hall–Kier alpha value is -2.41. The summed E-state index contributed by atoms with van der Waals surface area (Å²) in [6.07, 6.45) is 1.74. The van der Waals surface area contributed by atoms with Gasteiger partial charge in [-0.2, -0.15) is 5.10 Å². The number of hydrogen-bond donors (Lipinski definition) is 1. The van der Waals surface area contributed by atoms with Crippen LogP contribution >= 0.6 is 34.5 Å². The van der Waals surface area contributed by atoms with Gasteiger partial charge in [0, 0.05) is 21.7 Å². The normalized spacial score (nSPS) is 11.1. The van der Waals surface area contributed by atoms with E-state index in [1.54, 1.807) is 40.4 Å². The van der Waals surface area contributed by atoms with Gasteiger partial charge in [0.1, 0.15) is 6.54 Å². The molecule has 0 saturated heterocycles. The average molecular weight is 417 g/mol. The molecule has 0 radical (unpaired) electrons. The third kappa shape index (κ3) is 3.56. The van der Waals surface area contributed by atoms with Crippen molar-refractivity contribution in [3.05, 3.63) is 63.7 Å². The zero-order chi connectivity index (χ0) is 19.0. The lowest BCUT2D eigenvalue weighted by Crippen LogP contribution is -2.20. The van der Waals surface area contributed by atoms with Gasteiger partial charge in [-0.1, -0.05) is 29.3 Å². The standard InChI is InChI=1S/C19H14Cl2N4OS/c1-11-18-13(16-3-2-8-27-16)6-7-22-19(18)25(24-11)10-17(26)23-15-5-4-12(20)9-14(15)21/h2-9H,10H2,1H3,(H,23,26). The number of nitrogens with one attached hydrogen (secondary N) is 1. The molecule has 0 atom stereocenters. The highest BCUT2D eigenvalue weighted by molar-refractivity contribution is 7.13. The van der Waals surface area contributed by atoms with E-state index < -0.39 is 0 Å².